The minimum atomic E-state index is -0.518. The van der Waals surface area contributed by atoms with Crippen molar-refractivity contribution in [2.45, 2.75) is 19.8 Å². The number of halogens is 2. The highest BCUT2D eigenvalue weighted by Crippen LogP contribution is 2.47. The van der Waals surface area contributed by atoms with Crippen LogP contribution < -0.4 is 0 Å². The fourth-order valence-electron chi connectivity index (χ4n) is 1.41. The van der Waals surface area contributed by atoms with Gasteiger partial charge < -0.3 is 0 Å². The molecule has 0 saturated heterocycles. The van der Waals surface area contributed by atoms with Gasteiger partial charge in [-0.2, -0.15) is 0 Å². The average Bonchev–Trinajstić information content (AvgIpc) is 2.84. The van der Waals surface area contributed by atoms with Crippen LogP contribution in [0.3, 0.4) is 0 Å². The second kappa shape index (κ2) is 3.06. The van der Waals surface area contributed by atoms with Crippen LogP contribution in [0.4, 0.5) is 4.39 Å². The van der Waals surface area contributed by atoms with Gasteiger partial charge in [0.2, 0.25) is 0 Å². The molecule has 14 heavy (non-hydrogen) atoms. The van der Waals surface area contributed by atoms with E-state index in [0.717, 1.165) is 12.8 Å². The molecule has 1 nitrogen and oxygen atoms in total. The van der Waals surface area contributed by atoms with Gasteiger partial charge in [0, 0.05) is 10.4 Å². The van der Waals surface area contributed by atoms with Crippen LogP contribution in [0.25, 0.3) is 0 Å². The molecule has 0 unspecified atom stereocenters. The Bertz CT molecular complexity index is 396. The van der Waals surface area contributed by atoms with Crippen molar-refractivity contribution in [1.82, 2.24) is 0 Å². The third-order valence-corrected chi connectivity index (χ3v) is 2.96. The van der Waals surface area contributed by atoms with E-state index < -0.39 is 5.82 Å². The lowest BCUT2D eigenvalue weighted by Gasteiger charge is -2.07. The minimum absolute atomic E-state index is 0.105. The minimum Gasteiger partial charge on any atom is -0.293 e. The predicted molar refractivity (Wildman–Crippen MR) is 53.1 cm³/mol. The zero-order valence-corrected chi connectivity index (χ0v) is 8.57. The summed E-state index contributed by atoms with van der Waals surface area (Å²) in [5.74, 6) is -0.623. The summed E-state index contributed by atoms with van der Waals surface area (Å²) in [5.41, 5.74) is -0.163. The molecule has 0 bridgehead atoms. The van der Waals surface area contributed by atoms with E-state index in [1.165, 1.54) is 12.1 Å². The SMILES string of the molecule is CC1(C(=O)c2ccc(Cl)cc2F)CC1. The molecule has 1 aliphatic rings. The van der Waals surface area contributed by atoms with Crippen LogP contribution in [-0.4, -0.2) is 5.78 Å². The van der Waals surface area contributed by atoms with E-state index in [1.807, 2.05) is 6.92 Å². The molecule has 0 aromatic heterocycles. The molecule has 2 rings (SSSR count). The topological polar surface area (TPSA) is 17.1 Å². The molecule has 1 aliphatic carbocycles. The Kier molecular flexibility index (Phi) is 2.11. The molecule has 0 N–H and O–H groups in total. The summed E-state index contributed by atoms with van der Waals surface area (Å²) in [5, 5.41) is 0.319. The van der Waals surface area contributed by atoms with Gasteiger partial charge in [0.05, 0.1) is 5.56 Å². The Balaban J connectivity index is 2.37. The van der Waals surface area contributed by atoms with E-state index in [9.17, 15) is 9.18 Å². The predicted octanol–water partition coefficient (Wildman–Crippen LogP) is 3.46. The van der Waals surface area contributed by atoms with Crippen molar-refractivity contribution in [2.75, 3.05) is 0 Å². The highest BCUT2D eigenvalue weighted by Gasteiger charge is 2.45. The van der Waals surface area contributed by atoms with Crippen LogP contribution in [0.2, 0.25) is 5.02 Å². The first kappa shape index (κ1) is 9.66. The Labute approximate surface area is 86.9 Å². The summed E-state index contributed by atoms with van der Waals surface area (Å²) >= 11 is 5.60. The van der Waals surface area contributed by atoms with Crippen molar-refractivity contribution in [3.63, 3.8) is 0 Å². The molecule has 0 radical (unpaired) electrons. The number of hydrogen-bond donors (Lipinski definition) is 0. The molecule has 0 aliphatic heterocycles. The van der Waals surface area contributed by atoms with Gasteiger partial charge in [0.1, 0.15) is 5.82 Å². The maximum atomic E-state index is 13.4. The zero-order valence-electron chi connectivity index (χ0n) is 7.81. The van der Waals surface area contributed by atoms with E-state index in [1.54, 1.807) is 6.07 Å². The van der Waals surface area contributed by atoms with E-state index >= 15 is 0 Å². The van der Waals surface area contributed by atoms with Crippen LogP contribution in [0.15, 0.2) is 18.2 Å². The molecule has 1 saturated carbocycles. The lowest BCUT2D eigenvalue weighted by atomic mass is 9.96. The molecule has 0 spiro atoms. The van der Waals surface area contributed by atoms with E-state index in [-0.39, 0.29) is 16.8 Å². The van der Waals surface area contributed by atoms with Crippen molar-refractivity contribution >= 4 is 17.4 Å². The van der Waals surface area contributed by atoms with E-state index in [2.05, 4.69) is 0 Å². The molecule has 1 aromatic rings. The van der Waals surface area contributed by atoms with E-state index in [0.29, 0.717) is 5.02 Å². The summed E-state index contributed by atoms with van der Waals surface area (Å²) in [6, 6.07) is 4.19. The van der Waals surface area contributed by atoms with Crippen LogP contribution in [0.5, 0.6) is 0 Å². The second-order valence-corrected chi connectivity index (χ2v) is 4.45. The fraction of sp³-hybridized carbons (Fsp3) is 0.364. The molecular formula is C11H10ClFO. The lowest BCUT2D eigenvalue weighted by molar-refractivity contribution is 0.0908. The van der Waals surface area contributed by atoms with Crippen molar-refractivity contribution in [2.24, 2.45) is 5.41 Å². The Morgan fingerprint density at radius 2 is 2.14 bits per heavy atom. The van der Waals surface area contributed by atoms with Crippen LogP contribution >= 0.6 is 11.6 Å². The average molecular weight is 213 g/mol. The molecule has 1 fully saturated rings. The fourth-order valence-corrected chi connectivity index (χ4v) is 1.57. The third kappa shape index (κ3) is 1.55. The Morgan fingerprint density at radius 3 is 2.64 bits per heavy atom. The summed E-state index contributed by atoms with van der Waals surface area (Å²) in [7, 11) is 0. The first-order chi connectivity index (χ1) is 6.53. The smallest absolute Gasteiger partial charge is 0.171 e. The Morgan fingerprint density at radius 1 is 1.50 bits per heavy atom. The van der Waals surface area contributed by atoms with Gasteiger partial charge >= 0.3 is 0 Å². The molecule has 74 valence electrons. The van der Waals surface area contributed by atoms with Crippen molar-refractivity contribution in [1.29, 1.82) is 0 Å². The number of ketones is 1. The van der Waals surface area contributed by atoms with E-state index in [4.69, 9.17) is 11.6 Å². The summed E-state index contributed by atoms with van der Waals surface area (Å²) in [6.45, 7) is 1.86. The first-order valence-electron chi connectivity index (χ1n) is 4.53. The van der Waals surface area contributed by atoms with Gasteiger partial charge in [0.25, 0.3) is 0 Å². The van der Waals surface area contributed by atoms with Gasteiger partial charge in [-0.05, 0) is 31.0 Å². The number of Topliss-reactive ketones (excluding diaryl/α,β-unsaturated/α-hetero) is 1. The largest absolute Gasteiger partial charge is 0.293 e. The number of carbonyl (C=O) groups excluding carboxylic acids is 1. The Hall–Kier alpha value is -0.890. The summed E-state index contributed by atoms with van der Waals surface area (Å²) in [6.07, 6.45) is 1.71. The summed E-state index contributed by atoms with van der Waals surface area (Å²) in [4.78, 5) is 11.8. The number of hydrogen-bond acceptors (Lipinski definition) is 1. The second-order valence-electron chi connectivity index (χ2n) is 4.01. The number of carbonyl (C=O) groups is 1. The standard InChI is InChI=1S/C11H10ClFO/c1-11(4-5-11)10(14)8-3-2-7(12)6-9(8)13/h2-3,6H,4-5H2,1H3. The van der Waals surface area contributed by atoms with Gasteiger partial charge in [-0.3, -0.25) is 4.79 Å². The quantitative estimate of drug-likeness (QED) is 0.687. The monoisotopic (exact) mass is 212 g/mol. The van der Waals surface area contributed by atoms with Gasteiger partial charge in [-0.1, -0.05) is 18.5 Å². The lowest BCUT2D eigenvalue weighted by Crippen LogP contribution is -2.13. The van der Waals surface area contributed by atoms with Gasteiger partial charge in [0.15, 0.2) is 5.78 Å². The van der Waals surface area contributed by atoms with Crippen LogP contribution in [0, 0.1) is 11.2 Å². The maximum absolute atomic E-state index is 13.4. The van der Waals surface area contributed by atoms with Gasteiger partial charge in [-0.25, -0.2) is 4.39 Å². The van der Waals surface area contributed by atoms with Gasteiger partial charge in [-0.15, -0.1) is 0 Å². The molecule has 0 heterocycles. The maximum Gasteiger partial charge on any atom is 0.171 e. The summed E-state index contributed by atoms with van der Waals surface area (Å²) < 4.78 is 13.4. The third-order valence-electron chi connectivity index (χ3n) is 2.72. The van der Waals surface area contributed by atoms with Crippen LogP contribution in [-0.2, 0) is 0 Å². The molecule has 1 aromatic carbocycles. The zero-order chi connectivity index (χ0) is 10.3. The first-order valence-corrected chi connectivity index (χ1v) is 4.91. The molecule has 0 atom stereocenters. The van der Waals surface area contributed by atoms with Crippen LogP contribution in [0.1, 0.15) is 30.1 Å². The molecular weight excluding hydrogens is 203 g/mol. The molecule has 3 heteroatoms. The molecule has 0 amide bonds. The number of rotatable bonds is 2. The highest BCUT2D eigenvalue weighted by molar-refractivity contribution is 6.30. The van der Waals surface area contributed by atoms with Crippen molar-refractivity contribution in [3.8, 4) is 0 Å². The normalized spacial score (nSPS) is 17.9. The van der Waals surface area contributed by atoms with Crippen molar-refractivity contribution in [3.05, 3.63) is 34.6 Å². The van der Waals surface area contributed by atoms with Crippen molar-refractivity contribution < 1.29 is 9.18 Å². The number of benzene rings is 1. The highest BCUT2D eigenvalue weighted by atomic mass is 35.5.